The molecule has 0 spiro atoms. The number of rotatable bonds is 5. The molecule has 2 heterocycles. The number of hydrogen-bond donors (Lipinski definition) is 1. The second-order valence-electron chi connectivity index (χ2n) is 5.56. The van der Waals surface area contributed by atoms with Crippen LogP contribution in [0.2, 0.25) is 0 Å². The molecule has 0 aliphatic carbocycles. The van der Waals surface area contributed by atoms with E-state index in [4.69, 9.17) is 5.11 Å². The Bertz CT molecular complexity index is 911. The van der Waals surface area contributed by atoms with Crippen LogP contribution in [0, 0.1) is 6.92 Å². The average molecular weight is 322 g/mol. The van der Waals surface area contributed by atoms with Crippen LogP contribution >= 0.6 is 0 Å². The number of benzene rings is 1. The van der Waals surface area contributed by atoms with E-state index in [2.05, 4.69) is 22.1 Å². The molecule has 0 atom stereocenters. The first kappa shape index (κ1) is 15.9. The van der Waals surface area contributed by atoms with Gasteiger partial charge in [0, 0.05) is 6.20 Å². The second kappa shape index (κ2) is 6.62. The fourth-order valence-corrected chi connectivity index (χ4v) is 2.51. The Morgan fingerprint density at radius 2 is 1.96 bits per heavy atom. The van der Waals surface area contributed by atoms with Crippen LogP contribution in [0.3, 0.4) is 0 Å². The number of hydrogen-bond acceptors (Lipinski definition) is 4. The van der Waals surface area contributed by atoms with Crippen molar-refractivity contribution in [3.63, 3.8) is 0 Å². The summed E-state index contributed by atoms with van der Waals surface area (Å²) in [6.07, 6.45) is 2.59. The zero-order valence-electron chi connectivity index (χ0n) is 13.6. The SMILES string of the molecule is CCc1ccc(N=Nc2c(CC(=O)O)nc3c(C)cccn23)cc1. The minimum atomic E-state index is -0.945. The highest BCUT2D eigenvalue weighted by Crippen LogP contribution is 2.26. The van der Waals surface area contributed by atoms with Gasteiger partial charge in [0.2, 0.25) is 0 Å². The fraction of sp³-hybridized carbons (Fsp3) is 0.222. The quantitative estimate of drug-likeness (QED) is 0.713. The first-order valence-electron chi connectivity index (χ1n) is 7.77. The van der Waals surface area contributed by atoms with Crippen molar-refractivity contribution in [3.05, 3.63) is 59.4 Å². The number of pyridine rings is 1. The number of fused-ring (bicyclic) bond motifs is 1. The number of azo groups is 1. The van der Waals surface area contributed by atoms with Crippen LogP contribution in [0.1, 0.15) is 23.7 Å². The monoisotopic (exact) mass is 322 g/mol. The summed E-state index contributed by atoms with van der Waals surface area (Å²) in [5, 5.41) is 17.6. The summed E-state index contributed by atoms with van der Waals surface area (Å²) < 4.78 is 1.78. The predicted molar refractivity (Wildman–Crippen MR) is 91.3 cm³/mol. The molecular formula is C18H18N4O2. The Kier molecular flexibility index (Phi) is 4.37. The van der Waals surface area contributed by atoms with Gasteiger partial charge >= 0.3 is 5.97 Å². The number of carbonyl (C=O) groups is 1. The molecule has 1 N–H and O–H groups in total. The van der Waals surface area contributed by atoms with Gasteiger partial charge in [0.25, 0.3) is 0 Å². The maximum absolute atomic E-state index is 11.1. The van der Waals surface area contributed by atoms with Crippen LogP contribution in [-0.2, 0) is 17.6 Å². The average Bonchev–Trinajstić information content (AvgIpc) is 2.91. The molecule has 3 aromatic rings. The van der Waals surface area contributed by atoms with Crippen LogP contribution in [0.4, 0.5) is 11.5 Å². The zero-order valence-corrected chi connectivity index (χ0v) is 13.6. The van der Waals surface area contributed by atoms with E-state index in [9.17, 15) is 4.79 Å². The highest BCUT2D eigenvalue weighted by Gasteiger charge is 2.15. The van der Waals surface area contributed by atoms with Crippen molar-refractivity contribution in [1.82, 2.24) is 9.38 Å². The van der Waals surface area contributed by atoms with Crippen molar-refractivity contribution in [3.8, 4) is 0 Å². The molecule has 6 nitrogen and oxygen atoms in total. The molecule has 0 amide bonds. The largest absolute Gasteiger partial charge is 0.481 e. The van der Waals surface area contributed by atoms with E-state index in [0.717, 1.165) is 17.7 Å². The van der Waals surface area contributed by atoms with Crippen molar-refractivity contribution < 1.29 is 9.90 Å². The molecule has 0 bridgehead atoms. The Morgan fingerprint density at radius 3 is 2.62 bits per heavy atom. The molecule has 0 unspecified atom stereocenters. The molecule has 0 radical (unpaired) electrons. The van der Waals surface area contributed by atoms with Crippen molar-refractivity contribution in [2.24, 2.45) is 10.2 Å². The van der Waals surface area contributed by atoms with Gasteiger partial charge < -0.3 is 5.11 Å². The van der Waals surface area contributed by atoms with Crippen LogP contribution in [0.15, 0.2) is 52.8 Å². The Balaban J connectivity index is 2.04. The Labute approximate surface area is 139 Å². The van der Waals surface area contributed by atoms with Crippen molar-refractivity contribution >= 4 is 23.1 Å². The number of imidazole rings is 1. The van der Waals surface area contributed by atoms with Gasteiger partial charge in [0.05, 0.1) is 17.8 Å². The van der Waals surface area contributed by atoms with Gasteiger partial charge in [0.1, 0.15) is 5.65 Å². The van der Waals surface area contributed by atoms with Gasteiger partial charge in [-0.1, -0.05) is 25.1 Å². The topological polar surface area (TPSA) is 79.3 Å². The number of carboxylic acid groups (broad SMARTS) is 1. The maximum atomic E-state index is 11.1. The Hall–Kier alpha value is -3.02. The number of aromatic nitrogens is 2. The van der Waals surface area contributed by atoms with Gasteiger partial charge in [-0.25, -0.2) is 4.98 Å². The van der Waals surface area contributed by atoms with Crippen LogP contribution in [0.25, 0.3) is 5.65 Å². The third-order valence-corrected chi connectivity index (χ3v) is 3.81. The second-order valence-corrected chi connectivity index (χ2v) is 5.56. The molecule has 3 rings (SSSR count). The third-order valence-electron chi connectivity index (χ3n) is 3.81. The van der Waals surface area contributed by atoms with Crippen molar-refractivity contribution in [2.45, 2.75) is 26.7 Å². The standard InChI is InChI=1S/C18H18N4O2/c1-3-13-6-8-14(9-7-13)20-21-18-15(11-16(23)24)19-17-12(2)5-4-10-22(17)18/h4-10H,3,11H2,1-2H3,(H,23,24). The first-order valence-corrected chi connectivity index (χ1v) is 7.77. The summed E-state index contributed by atoms with van der Waals surface area (Å²) in [4.78, 5) is 15.5. The number of nitrogens with zero attached hydrogens (tertiary/aromatic N) is 4. The molecule has 1 aromatic carbocycles. The molecule has 2 aromatic heterocycles. The molecule has 24 heavy (non-hydrogen) atoms. The van der Waals surface area contributed by atoms with Crippen LogP contribution in [-0.4, -0.2) is 20.5 Å². The van der Waals surface area contributed by atoms with E-state index >= 15 is 0 Å². The van der Waals surface area contributed by atoms with Gasteiger partial charge in [-0.3, -0.25) is 9.20 Å². The van der Waals surface area contributed by atoms with Crippen molar-refractivity contribution in [2.75, 3.05) is 0 Å². The lowest BCUT2D eigenvalue weighted by Gasteiger charge is -1.99. The summed E-state index contributed by atoms with van der Waals surface area (Å²) in [5.41, 5.74) is 4.01. The number of carboxylic acids is 1. The van der Waals surface area contributed by atoms with Gasteiger partial charge in [-0.15, -0.1) is 10.2 Å². The number of aryl methyl sites for hydroxylation is 2. The van der Waals surface area contributed by atoms with Gasteiger partial charge in [-0.2, -0.15) is 0 Å². The number of aliphatic carboxylic acids is 1. The smallest absolute Gasteiger partial charge is 0.309 e. The van der Waals surface area contributed by atoms with E-state index in [1.165, 1.54) is 5.56 Å². The minimum Gasteiger partial charge on any atom is -0.481 e. The molecule has 0 aliphatic rings. The summed E-state index contributed by atoms with van der Waals surface area (Å²) in [7, 11) is 0. The molecule has 0 aliphatic heterocycles. The molecule has 122 valence electrons. The zero-order chi connectivity index (χ0) is 17.1. The van der Waals surface area contributed by atoms with E-state index in [1.54, 1.807) is 4.40 Å². The lowest BCUT2D eigenvalue weighted by molar-refractivity contribution is -0.136. The first-order chi connectivity index (χ1) is 11.6. The highest BCUT2D eigenvalue weighted by molar-refractivity contribution is 5.72. The summed E-state index contributed by atoms with van der Waals surface area (Å²) >= 11 is 0. The summed E-state index contributed by atoms with van der Waals surface area (Å²) in [6, 6.07) is 11.6. The Morgan fingerprint density at radius 1 is 1.21 bits per heavy atom. The maximum Gasteiger partial charge on any atom is 0.309 e. The minimum absolute atomic E-state index is 0.190. The van der Waals surface area contributed by atoms with E-state index in [-0.39, 0.29) is 6.42 Å². The summed E-state index contributed by atoms with van der Waals surface area (Å²) in [5.74, 6) is -0.490. The van der Waals surface area contributed by atoms with E-state index in [1.807, 2.05) is 49.5 Å². The fourth-order valence-electron chi connectivity index (χ4n) is 2.51. The normalized spacial score (nSPS) is 11.4. The third kappa shape index (κ3) is 3.17. The molecular weight excluding hydrogens is 304 g/mol. The van der Waals surface area contributed by atoms with Crippen LogP contribution < -0.4 is 0 Å². The molecule has 6 heteroatoms. The van der Waals surface area contributed by atoms with Gasteiger partial charge in [-0.05, 0) is 42.7 Å². The molecule has 0 saturated heterocycles. The molecule has 0 saturated carbocycles. The lowest BCUT2D eigenvalue weighted by Crippen LogP contribution is -2.00. The summed E-state index contributed by atoms with van der Waals surface area (Å²) in [6.45, 7) is 4.02. The van der Waals surface area contributed by atoms with Crippen molar-refractivity contribution in [1.29, 1.82) is 0 Å². The van der Waals surface area contributed by atoms with E-state index < -0.39 is 5.97 Å². The lowest BCUT2D eigenvalue weighted by atomic mass is 10.2. The van der Waals surface area contributed by atoms with E-state index in [0.29, 0.717) is 17.2 Å². The predicted octanol–water partition coefficient (Wildman–Crippen LogP) is 4.25. The molecule has 0 fully saturated rings. The highest BCUT2D eigenvalue weighted by atomic mass is 16.4. The van der Waals surface area contributed by atoms with Crippen LogP contribution in [0.5, 0.6) is 0 Å². The van der Waals surface area contributed by atoms with Gasteiger partial charge in [0.15, 0.2) is 5.82 Å².